The summed E-state index contributed by atoms with van der Waals surface area (Å²) in [5, 5.41) is 0.613. The molecule has 0 spiro atoms. The zero-order chi connectivity index (χ0) is 13.1. The van der Waals surface area contributed by atoms with Crippen LogP contribution in [-0.4, -0.2) is 9.97 Å². The van der Waals surface area contributed by atoms with E-state index in [0.29, 0.717) is 23.3 Å². The van der Waals surface area contributed by atoms with Crippen molar-refractivity contribution in [2.45, 2.75) is 20.4 Å². The number of halogens is 1. The number of aryl methyl sites for hydroxylation is 2. The molecule has 2 N–H and O–H groups in total. The fourth-order valence-electron chi connectivity index (χ4n) is 1.54. The minimum absolute atomic E-state index is 0.292. The van der Waals surface area contributed by atoms with Crippen molar-refractivity contribution in [1.29, 1.82) is 0 Å². The largest absolute Gasteiger partial charge is 0.424 e. The van der Waals surface area contributed by atoms with E-state index in [1.54, 1.807) is 6.07 Å². The van der Waals surface area contributed by atoms with Gasteiger partial charge in [-0.25, -0.2) is 4.98 Å². The average Bonchev–Trinajstić information content (AvgIpc) is 2.33. The summed E-state index contributed by atoms with van der Waals surface area (Å²) in [6.45, 7) is 4.16. The molecule has 0 saturated carbocycles. The Morgan fingerprint density at radius 3 is 2.72 bits per heavy atom. The average molecular weight is 264 g/mol. The molecule has 2 rings (SSSR count). The zero-order valence-electron chi connectivity index (χ0n) is 10.3. The van der Waals surface area contributed by atoms with E-state index in [4.69, 9.17) is 22.1 Å². The number of aromatic nitrogens is 2. The third-order valence-corrected chi connectivity index (χ3v) is 2.68. The SMILES string of the molecule is Cc1cc(CN)nc(Oc2cc(Cl)ccc2C)n1. The van der Waals surface area contributed by atoms with Crippen LogP contribution < -0.4 is 10.5 Å². The van der Waals surface area contributed by atoms with Crippen molar-refractivity contribution in [3.05, 3.63) is 46.2 Å². The molecule has 1 heterocycles. The lowest BCUT2D eigenvalue weighted by atomic mass is 10.2. The molecule has 0 bridgehead atoms. The first-order chi connectivity index (χ1) is 8.58. The standard InChI is InChI=1S/C13H14ClN3O/c1-8-3-4-10(14)6-12(8)18-13-16-9(2)5-11(7-15)17-13/h3-6H,7,15H2,1-2H3. The summed E-state index contributed by atoms with van der Waals surface area (Å²) >= 11 is 5.93. The van der Waals surface area contributed by atoms with Crippen molar-refractivity contribution in [3.63, 3.8) is 0 Å². The van der Waals surface area contributed by atoms with Gasteiger partial charge in [0, 0.05) is 17.3 Å². The second-order valence-electron chi connectivity index (χ2n) is 4.00. The molecule has 5 heteroatoms. The summed E-state index contributed by atoms with van der Waals surface area (Å²) in [6.07, 6.45) is 0. The van der Waals surface area contributed by atoms with Crippen LogP contribution in [0.25, 0.3) is 0 Å². The molecule has 0 amide bonds. The third-order valence-electron chi connectivity index (χ3n) is 2.45. The van der Waals surface area contributed by atoms with Gasteiger partial charge in [-0.3, -0.25) is 0 Å². The minimum atomic E-state index is 0.292. The summed E-state index contributed by atoms with van der Waals surface area (Å²) in [5.74, 6) is 0.649. The number of hydrogen-bond acceptors (Lipinski definition) is 4. The lowest BCUT2D eigenvalue weighted by Gasteiger charge is -2.09. The van der Waals surface area contributed by atoms with E-state index >= 15 is 0 Å². The Kier molecular flexibility index (Phi) is 3.79. The molecular weight excluding hydrogens is 250 g/mol. The summed E-state index contributed by atoms with van der Waals surface area (Å²) in [7, 11) is 0. The van der Waals surface area contributed by atoms with Gasteiger partial charge in [-0.05, 0) is 37.6 Å². The fourth-order valence-corrected chi connectivity index (χ4v) is 1.70. The highest BCUT2D eigenvalue weighted by Gasteiger charge is 2.07. The third kappa shape index (κ3) is 2.97. The molecule has 0 atom stereocenters. The topological polar surface area (TPSA) is 61.0 Å². The second-order valence-corrected chi connectivity index (χ2v) is 4.44. The zero-order valence-corrected chi connectivity index (χ0v) is 11.0. The Morgan fingerprint density at radius 2 is 2.00 bits per heavy atom. The van der Waals surface area contributed by atoms with Crippen LogP contribution in [0, 0.1) is 13.8 Å². The maximum atomic E-state index is 5.93. The van der Waals surface area contributed by atoms with Crippen LogP contribution >= 0.6 is 11.6 Å². The monoisotopic (exact) mass is 263 g/mol. The number of nitrogens with zero attached hydrogens (tertiary/aromatic N) is 2. The first-order valence-corrected chi connectivity index (χ1v) is 5.95. The first-order valence-electron chi connectivity index (χ1n) is 5.57. The van der Waals surface area contributed by atoms with Gasteiger partial charge in [0.2, 0.25) is 0 Å². The summed E-state index contributed by atoms with van der Waals surface area (Å²) in [6, 6.07) is 7.56. The van der Waals surface area contributed by atoms with Crippen LogP contribution in [0.5, 0.6) is 11.8 Å². The molecule has 1 aromatic heterocycles. The van der Waals surface area contributed by atoms with Gasteiger partial charge in [-0.2, -0.15) is 4.98 Å². The van der Waals surface area contributed by atoms with E-state index < -0.39 is 0 Å². The molecule has 0 aliphatic carbocycles. The number of rotatable bonds is 3. The minimum Gasteiger partial charge on any atom is -0.424 e. The van der Waals surface area contributed by atoms with Gasteiger partial charge in [0.15, 0.2) is 0 Å². The van der Waals surface area contributed by atoms with E-state index in [1.165, 1.54) is 0 Å². The van der Waals surface area contributed by atoms with Crippen molar-refractivity contribution in [2.24, 2.45) is 5.73 Å². The summed E-state index contributed by atoms with van der Waals surface area (Å²) in [4.78, 5) is 8.43. The van der Waals surface area contributed by atoms with Crippen molar-refractivity contribution in [2.75, 3.05) is 0 Å². The van der Waals surface area contributed by atoms with Crippen molar-refractivity contribution >= 4 is 11.6 Å². The van der Waals surface area contributed by atoms with Crippen LogP contribution in [0.3, 0.4) is 0 Å². The quantitative estimate of drug-likeness (QED) is 0.925. The smallest absolute Gasteiger partial charge is 0.322 e. The molecule has 0 aliphatic rings. The van der Waals surface area contributed by atoms with Gasteiger partial charge in [-0.15, -0.1) is 0 Å². The highest BCUT2D eigenvalue weighted by Crippen LogP contribution is 2.26. The number of ether oxygens (including phenoxy) is 1. The molecule has 18 heavy (non-hydrogen) atoms. The molecule has 0 unspecified atom stereocenters. The molecule has 4 nitrogen and oxygen atoms in total. The van der Waals surface area contributed by atoms with Crippen LogP contribution in [0.15, 0.2) is 24.3 Å². The Balaban J connectivity index is 2.33. The van der Waals surface area contributed by atoms with E-state index in [-0.39, 0.29) is 0 Å². The fraction of sp³-hybridized carbons (Fsp3) is 0.231. The Labute approximate surface area is 111 Å². The molecule has 1 aromatic carbocycles. The summed E-state index contributed by atoms with van der Waals surface area (Å²) in [5.41, 5.74) is 8.11. The van der Waals surface area contributed by atoms with Gasteiger partial charge in [0.25, 0.3) is 0 Å². The maximum Gasteiger partial charge on any atom is 0.322 e. The van der Waals surface area contributed by atoms with Crippen LogP contribution in [-0.2, 0) is 6.54 Å². The molecular formula is C13H14ClN3O. The number of benzene rings is 1. The maximum absolute atomic E-state index is 5.93. The molecule has 0 aliphatic heterocycles. The van der Waals surface area contributed by atoms with E-state index in [1.807, 2.05) is 32.0 Å². The molecule has 0 fully saturated rings. The number of nitrogens with two attached hydrogens (primary N) is 1. The Bertz CT molecular complexity index is 572. The normalized spacial score (nSPS) is 10.4. The van der Waals surface area contributed by atoms with E-state index in [9.17, 15) is 0 Å². The lowest BCUT2D eigenvalue weighted by Crippen LogP contribution is -2.03. The number of hydrogen-bond donors (Lipinski definition) is 1. The van der Waals surface area contributed by atoms with Crippen molar-refractivity contribution < 1.29 is 4.74 Å². The van der Waals surface area contributed by atoms with Crippen LogP contribution in [0.4, 0.5) is 0 Å². The lowest BCUT2D eigenvalue weighted by molar-refractivity contribution is 0.435. The van der Waals surface area contributed by atoms with Gasteiger partial charge in [-0.1, -0.05) is 17.7 Å². The van der Waals surface area contributed by atoms with Crippen molar-refractivity contribution in [1.82, 2.24) is 9.97 Å². The second kappa shape index (κ2) is 5.33. The molecule has 94 valence electrons. The van der Waals surface area contributed by atoms with E-state index in [2.05, 4.69) is 9.97 Å². The van der Waals surface area contributed by atoms with Gasteiger partial charge in [0.05, 0.1) is 5.69 Å². The van der Waals surface area contributed by atoms with Gasteiger partial charge in [0.1, 0.15) is 5.75 Å². The first kappa shape index (κ1) is 12.8. The van der Waals surface area contributed by atoms with Crippen LogP contribution in [0.1, 0.15) is 17.0 Å². The molecule has 0 radical (unpaired) electrons. The van der Waals surface area contributed by atoms with Gasteiger partial charge >= 0.3 is 6.01 Å². The Morgan fingerprint density at radius 1 is 1.22 bits per heavy atom. The summed E-state index contributed by atoms with van der Waals surface area (Å²) < 4.78 is 5.65. The predicted molar refractivity (Wildman–Crippen MR) is 70.9 cm³/mol. The highest BCUT2D eigenvalue weighted by atomic mass is 35.5. The van der Waals surface area contributed by atoms with Crippen molar-refractivity contribution in [3.8, 4) is 11.8 Å². The van der Waals surface area contributed by atoms with Gasteiger partial charge < -0.3 is 10.5 Å². The molecule has 2 aromatic rings. The van der Waals surface area contributed by atoms with Crippen LogP contribution in [0.2, 0.25) is 5.02 Å². The Hall–Kier alpha value is -1.65. The van der Waals surface area contributed by atoms with E-state index in [0.717, 1.165) is 17.0 Å². The molecule has 0 saturated heterocycles. The highest BCUT2D eigenvalue weighted by molar-refractivity contribution is 6.30. The predicted octanol–water partition coefficient (Wildman–Crippen LogP) is 3.00.